The van der Waals surface area contributed by atoms with Gasteiger partial charge in [0.05, 0.1) is 17.3 Å². The number of aromatic nitrogens is 2. The van der Waals surface area contributed by atoms with Crippen LogP contribution in [0.4, 0.5) is 4.39 Å². The van der Waals surface area contributed by atoms with Crippen molar-refractivity contribution in [3.05, 3.63) is 71.7 Å². The predicted molar refractivity (Wildman–Crippen MR) is 109 cm³/mol. The number of benzene rings is 2. The van der Waals surface area contributed by atoms with Crippen molar-refractivity contribution in [1.29, 1.82) is 0 Å². The molecule has 1 saturated heterocycles. The van der Waals surface area contributed by atoms with Crippen molar-refractivity contribution in [2.45, 2.75) is 26.3 Å². The van der Waals surface area contributed by atoms with Gasteiger partial charge in [0.1, 0.15) is 5.82 Å². The Morgan fingerprint density at radius 3 is 2.38 bits per heavy atom. The van der Waals surface area contributed by atoms with E-state index in [1.807, 2.05) is 6.20 Å². The molecule has 4 rings (SSSR count). The fourth-order valence-electron chi connectivity index (χ4n) is 3.78. The van der Waals surface area contributed by atoms with Gasteiger partial charge in [0.15, 0.2) is 0 Å². The van der Waals surface area contributed by atoms with E-state index in [1.54, 1.807) is 16.8 Å². The van der Waals surface area contributed by atoms with Gasteiger partial charge in [-0.1, -0.05) is 29.8 Å². The monoisotopic (exact) mass is 393 g/mol. The van der Waals surface area contributed by atoms with Gasteiger partial charge < -0.3 is 5.11 Å². The molecule has 1 fully saturated rings. The summed E-state index contributed by atoms with van der Waals surface area (Å²) in [6.45, 7) is 4.27. The molecule has 1 N–H and O–H groups in total. The smallest absolute Gasteiger partial charge is 0.306 e. The van der Waals surface area contributed by atoms with Gasteiger partial charge in [-0.2, -0.15) is 5.10 Å². The van der Waals surface area contributed by atoms with E-state index in [1.165, 1.54) is 17.7 Å². The first-order chi connectivity index (χ1) is 14.0. The summed E-state index contributed by atoms with van der Waals surface area (Å²) in [6.07, 6.45) is 3.33. The molecule has 150 valence electrons. The summed E-state index contributed by atoms with van der Waals surface area (Å²) in [5, 5.41) is 14.0. The zero-order chi connectivity index (χ0) is 20.4. The lowest BCUT2D eigenvalue weighted by Gasteiger charge is -2.29. The fourth-order valence-corrected chi connectivity index (χ4v) is 3.78. The zero-order valence-electron chi connectivity index (χ0n) is 16.4. The Bertz CT molecular complexity index is 988. The Balaban J connectivity index is 1.63. The van der Waals surface area contributed by atoms with Crippen LogP contribution in [0.1, 0.15) is 24.0 Å². The van der Waals surface area contributed by atoms with E-state index >= 15 is 0 Å². The van der Waals surface area contributed by atoms with Gasteiger partial charge in [-0.15, -0.1) is 0 Å². The van der Waals surface area contributed by atoms with Gasteiger partial charge in [0.25, 0.3) is 0 Å². The molecule has 1 aliphatic rings. The minimum atomic E-state index is -0.700. The van der Waals surface area contributed by atoms with Crippen molar-refractivity contribution in [3.63, 3.8) is 0 Å². The highest BCUT2D eigenvalue weighted by Gasteiger charge is 2.25. The first kappa shape index (κ1) is 19.3. The van der Waals surface area contributed by atoms with Crippen molar-refractivity contribution in [2.75, 3.05) is 13.1 Å². The average molecular weight is 393 g/mol. The third-order valence-electron chi connectivity index (χ3n) is 5.54. The second-order valence-corrected chi connectivity index (χ2v) is 7.68. The van der Waals surface area contributed by atoms with E-state index in [0.717, 1.165) is 35.6 Å². The zero-order valence-corrected chi connectivity index (χ0v) is 16.4. The number of halogens is 1. The van der Waals surface area contributed by atoms with Gasteiger partial charge in [0.2, 0.25) is 0 Å². The maximum absolute atomic E-state index is 13.3. The normalized spacial score (nSPS) is 15.5. The number of rotatable bonds is 5. The molecule has 2 aromatic carbocycles. The van der Waals surface area contributed by atoms with Crippen LogP contribution >= 0.6 is 0 Å². The summed E-state index contributed by atoms with van der Waals surface area (Å²) in [5.41, 5.74) is 4.99. The number of carboxylic acids is 1. The molecule has 29 heavy (non-hydrogen) atoms. The Kier molecular flexibility index (Phi) is 5.45. The number of carbonyl (C=O) groups is 1. The maximum atomic E-state index is 13.3. The molecule has 2 heterocycles. The largest absolute Gasteiger partial charge is 0.481 e. The molecule has 0 radical (unpaired) electrons. The van der Waals surface area contributed by atoms with Gasteiger partial charge in [-0.25, -0.2) is 9.07 Å². The average Bonchev–Trinajstić information content (AvgIpc) is 3.13. The van der Waals surface area contributed by atoms with E-state index in [2.05, 4.69) is 36.1 Å². The SMILES string of the molecule is Cc1ccc(-c2nn(-c3ccc(F)cc3)cc2CN2CCC(C(=O)O)CC2)cc1. The molecule has 1 aromatic heterocycles. The highest BCUT2D eigenvalue weighted by atomic mass is 19.1. The number of carboxylic acid groups (broad SMARTS) is 1. The number of aryl methyl sites for hydroxylation is 1. The molecule has 0 aliphatic carbocycles. The van der Waals surface area contributed by atoms with Gasteiger partial charge in [0, 0.05) is 23.9 Å². The predicted octanol–water partition coefficient (Wildman–Crippen LogP) is 4.28. The molecule has 3 aromatic rings. The molecule has 0 saturated carbocycles. The van der Waals surface area contributed by atoms with Crippen molar-refractivity contribution < 1.29 is 14.3 Å². The summed E-state index contributed by atoms with van der Waals surface area (Å²) in [6, 6.07) is 14.5. The molecule has 5 nitrogen and oxygen atoms in total. The number of likely N-dealkylation sites (tertiary alicyclic amines) is 1. The Morgan fingerprint density at radius 2 is 1.76 bits per heavy atom. The van der Waals surface area contributed by atoms with Crippen LogP contribution in [0.15, 0.2) is 54.7 Å². The van der Waals surface area contributed by atoms with E-state index in [-0.39, 0.29) is 11.7 Å². The van der Waals surface area contributed by atoms with Gasteiger partial charge in [-0.05, 0) is 57.1 Å². The van der Waals surface area contributed by atoms with Crippen LogP contribution in [0.25, 0.3) is 16.9 Å². The van der Waals surface area contributed by atoms with Crippen molar-refractivity contribution in [1.82, 2.24) is 14.7 Å². The molecule has 0 spiro atoms. The molecule has 0 unspecified atom stereocenters. The molecule has 6 heteroatoms. The highest BCUT2D eigenvalue weighted by Crippen LogP contribution is 2.27. The van der Waals surface area contributed by atoms with Crippen LogP contribution in [0, 0.1) is 18.7 Å². The minimum absolute atomic E-state index is 0.246. The lowest BCUT2D eigenvalue weighted by atomic mass is 9.96. The van der Waals surface area contributed by atoms with Crippen LogP contribution in [0.3, 0.4) is 0 Å². The number of aliphatic carboxylic acids is 1. The summed E-state index contributed by atoms with van der Waals surface area (Å²) in [7, 11) is 0. The number of hydrogen-bond donors (Lipinski definition) is 1. The van der Waals surface area contributed by atoms with Gasteiger partial charge in [-0.3, -0.25) is 9.69 Å². The Labute approximate surface area is 169 Å². The fraction of sp³-hybridized carbons (Fsp3) is 0.304. The summed E-state index contributed by atoms with van der Waals surface area (Å²) in [4.78, 5) is 13.5. The second kappa shape index (κ2) is 8.17. The van der Waals surface area contributed by atoms with Crippen LogP contribution in [-0.2, 0) is 11.3 Å². The summed E-state index contributed by atoms with van der Waals surface area (Å²) in [5.74, 6) is -1.22. The maximum Gasteiger partial charge on any atom is 0.306 e. The summed E-state index contributed by atoms with van der Waals surface area (Å²) < 4.78 is 15.1. The first-order valence-corrected chi connectivity index (χ1v) is 9.86. The van der Waals surface area contributed by atoms with Gasteiger partial charge >= 0.3 is 5.97 Å². The molecular formula is C23H24FN3O2. The van der Waals surface area contributed by atoms with Crippen LogP contribution < -0.4 is 0 Å². The Morgan fingerprint density at radius 1 is 1.10 bits per heavy atom. The Hall–Kier alpha value is -2.99. The number of nitrogens with zero attached hydrogens (tertiary/aromatic N) is 3. The van der Waals surface area contributed by atoms with E-state index in [0.29, 0.717) is 19.4 Å². The van der Waals surface area contributed by atoms with Crippen LogP contribution in [0.2, 0.25) is 0 Å². The van der Waals surface area contributed by atoms with Crippen molar-refractivity contribution >= 4 is 5.97 Å². The van der Waals surface area contributed by atoms with Crippen molar-refractivity contribution in [3.8, 4) is 16.9 Å². The molecule has 1 aliphatic heterocycles. The quantitative estimate of drug-likeness (QED) is 0.703. The molecule has 0 amide bonds. The lowest BCUT2D eigenvalue weighted by Crippen LogP contribution is -2.35. The third kappa shape index (κ3) is 4.38. The van der Waals surface area contributed by atoms with E-state index in [9.17, 15) is 14.3 Å². The second-order valence-electron chi connectivity index (χ2n) is 7.68. The first-order valence-electron chi connectivity index (χ1n) is 9.86. The molecule has 0 atom stereocenters. The van der Waals surface area contributed by atoms with E-state index in [4.69, 9.17) is 5.10 Å². The van der Waals surface area contributed by atoms with Crippen LogP contribution in [0.5, 0.6) is 0 Å². The number of hydrogen-bond acceptors (Lipinski definition) is 3. The third-order valence-corrected chi connectivity index (χ3v) is 5.54. The number of piperidine rings is 1. The summed E-state index contributed by atoms with van der Waals surface area (Å²) >= 11 is 0. The minimum Gasteiger partial charge on any atom is -0.481 e. The molecule has 0 bridgehead atoms. The van der Waals surface area contributed by atoms with Crippen molar-refractivity contribution in [2.24, 2.45) is 5.92 Å². The lowest BCUT2D eigenvalue weighted by molar-refractivity contribution is -0.143. The highest BCUT2D eigenvalue weighted by molar-refractivity contribution is 5.70. The molecular weight excluding hydrogens is 369 g/mol. The standard InChI is InChI=1S/C23H24FN3O2/c1-16-2-4-17(5-3-16)22-19(14-26-12-10-18(11-13-26)23(28)29)15-27(25-22)21-8-6-20(24)7-9-21/h2-9,15,18H,10-14H2,1H3,(H,28,29). The van der Waals surface area contributed by atoms with Crippen LogP contribution in [-0.4, -0.2) is 38.8 Å². The topological polar surface area (TPSA) is 58.4 Å². The van der Waals surface area contributed by atoms with E-state index < -0.39 is 5.97 Å².